The van der Waals surface area contributed by atoms with E-state index in [1.807, 2.05) is 6.92 Å². The minimum Gasteiger partial charge on any atom is -0.320 e. The molecule has 0 aliphatic carbocycles. The Labute approximate surface area is 137 Å². The average molecular weight is 339 g/mol. The zero-order valence-corrected chi connectivity index (χ0v) is 13.5. The zero-order valence-electron chi connectivity index (χ0n) is 11.2. The molecule has 0 fully saturated rings. The van der Waals surface area contributed by atoms with Crippen LogP contribution in [0.25, 0.3) is 0 Å². The van der Waals surface area contributed by atoms with Crippen molar-refractivity contribution < 1.29 is 4.79 Å². The monoisotopic (exact) mass is 338 g/mol. The van der Waals surface area contributed by atoms with Crippen molar-refractivity contribution in [3.8, 4) is 11.8 Å². The van der Waals surface area contributed by atoms with Crippen LogP contribution in [0.2, 0.25) is 10.0 Å². The number of hydrogen-bond acceptors (Lipinski definition) is 3. The first-order valence-electron chi connectivity index (χ1n) is 6.07. The fourth-order valence-corrected chi connectivity index (χ4v) is 2.91. The molecule has 1 aromatic carbocycles. The van der Waals surface area contributed by atoms with Crippen LogP contribution in [-0.4, -0.2) is 12.5 Å². The van der Waals surface area contributed by atoms with Gasteiger partial charge in [-0.05, 0) is 36.8 Å². The second-order valence-electron chi connectivity index (χ2n) is 4.21. The number of halogens is 2. The van der Waals surface area contributed by atoms with E-state index < -0.39 is 0 Å². The van der Waals surface area contributed by atoms with Crippen molar-refractivity contribution in [3.05, 3.63) is 49.6 Å². The van der Waals surface area contributed by atoms with Gasteiger partial charge in [0.2, 0.25) is 0 Å². The van der Waals surface area contributed by atoms with E-state index in [0.29, 0.717) is 20.6 Å². The molecule has 108 valence electrons. The predicted octanol–water partition coefficient (Wildman–Crippen LogP) is 3.93. The Balaban J connectivity index is 2.23. The molecule has 0 radical (unpaired) electrons. The molecule has 2 aromatic rings. The first-order chi connectivity index (χ1) is 10.0. The number of rotatable bonds is 2. The second kappa shape index (κ2) is 6.97. The Bertz CT molecular complexity index is 744. The molecule has 0 atom stereocenters. The van der Waals surface area contributed by atoms with E-state index in [0.717, 1.165) is 10.4 Å². The van der Waals surface area contributed by atoms with Crippen molar-refractivity contribution in [2.24, 2.45) is 5.73 Å². The highest BCUT2D eigenvalue weighted by Crippen LogP contribution is 2.27. The summed E-state index contributed by atoms with van der Waals surface area (Å²) in [4.78, 5) is 13.6. The average Bonchev–Trinajstić information content (AvgIpc) is 2.82. The van der Waals surface area contributed by atoms with Crippen molar-refractivity contribution in [2.45, 2.75) is 6.92 Å². The van der Waals surface area contributed by atoms with Gasteiger partial charge < -0.3 is 11.1 Å². The van der Waals surface area contributed by atoms with Gasteiger partial charge in [0.1, 0.15) is 0 Å². The molecule has 1 heterocycles. The van der Waals surface area contributed by atoms with Crippen LogP contribution in [-0.2, 0) is 0 Å². The normalized spacial score (nSPS) is 9.90. The summed E-state index contributed by atoms with van der Waals surface area (Å²) >= 11 is 13.2. The van der Waals surface area contributed by atoms with Crippen molar-refractivity contribution in [3.63, 3.8) is 0 Å². The van der Waals surface area contributed by atoms with Crippen LogP contribution in [0.1, 0.15) is 20.1 Å². The SMILES string of the molecule is Cc1cc(C(=O)Nc2cc(Cl)ccc2Cl)sc1C#CCN. The third kappa shape index (κ3) is 3.99. The maximum Gasteiger partial charge on any atom is 0.265 e. The molecule has 0 spiro atoms. The van der Waals surface area contributed by atoms with Crippen LogP contribution in [0, 0.1) is 18.8 Å². The van der Waals surface area contributed by atoms with Crippen molar-refractivity contribution in [2.75, 3.05) is 11.9 Å². The molecule has 2 rings (SSSR count). The van der Waals surface area contributed by atoms with E-state index in [9.17, 15) is 4.79 Å². The maximum atomic E-state index is 12.2. The minimum absolute atomic E-state index is 0.243. The van der Waals surface area contributed by atoms with Crippen LogP contribution in [0.3, 0.4) is 0 Å². The van der Waals surface area contributed by atoms with E-state index in [1.165, 1.54) is 11.3 Å². The molecule has 0 aliphatic rings. The number of nitrogens with two attached hydrogens (primary N) is 1. The predicted molar refractivity (Wildman–Crippen MR) is 89.4 cm³/mol. The molecular weight excluding hydrogens is 327 g/mol. The molecule has 1 aromatic heterocycles. The number of carbonyl (C=O) groups is 1. The highest BCUT2D eigenvalue weighted by atomic mass is 35.5. The van der Waals surface area contributed by atoms with Crippen LogP contribution >= 0.6 is 34.5 Å². The summed E-state index contributed by atoms with van der Waals surface area (Å²) in [6.07, 6.45) is 0. The Morgan fingerprint density at radius 2 is 2.14 bits per heavy atom. The molecule has 0 unspecified atom stereocenters. The number of anilines is 1. The topological polar surface area (TPSA) is 55.1 Å². The van der Waals surface area contributed by atoms with Crippen molar-refractivity contribution in [1.82, 2.24) is 0 Å². The van der Waals surface area contributed by atoms with Crippen molar-refractivity contribution >= 4 is 46.1 Å². The summed E-state index contributed by atoms with van der Waals surface area (Å²) in [6.45, 7) is 2.19. The lowest BCUT2D eigenvalue weighted by molar-refractivity contribution is 0.103. The van der Waals surface area contributed by atoms with Gasteiger partial charge in [-0.2, -0.15) is 0 Å². The number of aryl methyl sites for hydroxylation is 1. The number of amides is 1. The fraction of sp³-hybridized carbons (Fsp3) is 0.133. The summed E-state index contributed by atoms with van der Waals surface area (Å²) in [5.74, 6) is 5.49. The summed E-state index contributed by atoms with van der Waals surface area (Å²) < 4.78 is 0. The van der Waals surface area contributed by atoms with E-state index in [-0.39, 0.29) is 12.5 Å². The molecule has 0 saturated carbocycles. The minimum atomic E-state index is -0.243. The van der Waals surface area contributed by atoms with Gasteiger partial charge in [0.25, 0.3) is 5.91 Å². The maximum absolute atomic E-state index is 12.2. The zero-order chi connectivity index (χ0) is 15.4. The standard InChI is InChI=1S/C15H12Cl2N2OS/c1-9-7-14(21-13(9)3-2-6-18)15(20)19-12-8-10(16)4-5-11(12)17/h4-5,7-8H,6,18H2,1H3,(H,19,20). The molecule has 0 bridgehead atoms. The van der Waals surface area contributed by atoms with Crippen LogP contribution in [0.15, 0.2) is 24.3 Å². The quantitative estimate of drug-likeness (QED) is 0.815. The lowest BCUT2D eigenvalue weighted by Gasteiger charge is -2.06. The number of benzene rings is 1. The fourth-order valence-electron chi connectivity index (χ4n) is 1.63. The van der Waals surface area contributed by atoms with Gasteiger partial charge in [0, 0.05) is 5.02 Å². The lowest BCUT2D eigenvalue weighted by Crippen LogP contribution is -2.10. The van der Waals surface area contributed by atoms with Gasteiger partial charge in [-0.1, -0.05) is 35.0 Å². The van der Waals surface area contributed by atoms with Crippen LogP contribution in [0.5, 0.6) is 0 Å². The summed E-state index contributed by atoms with van der Waals surface area (Å²) in [5.41, 5.74) is 6.78. The largest absolute Gasteiger partial charge is 0.320 e. The highest BCUT2D eigenvalue weighted by molar-refractivity contribution is 7.14. The first kappa shape index (κ1) is 15.9. The second-order valence-corrected chi connectivity index (χ2v) is 6.10. The molecular formula is C15H12Cl2N2OS. The lowest BCUT2D eigenvalue weighted by atomic mass is 10.2. The third-order valence-corrected chi connectivity index (χ3v) is 4.34. The molecule has 3 nitrogen and oxygen atoms in total. The third-order valence-electron chi connectivity index (χ3n) is 2.62. The van der Waals surface area contributed by atoms with Gasteiger partial charge in [-0.15, -0.1) is 11.3 Å². The number of carbonyl (C=O) groups excluding carboxylic acids is 1. The van der Waals surface area contributed by atoms with E-state index in [1.54, 1.807) is 24.3 Å². The molecule has 6 heteroatoms. The smallest absolute Gasteiger partial charge is 0.265 e. The number of thiophene rings is 1. The molecule has 3 N–H and O–H groups in total. The van der Waals surface area contributed by atoms with E-state index in [4.69, 9.17) is 28.9 Å². The highest BCUT2D eigenvalue weighted by Gasteiger charge is 2.13. The van der Waals surface area contributed by atoms with Crippen LogP contribution < -0.4 is 11.1 Å². The molecule has 0 saturated heterocycles. The Morgan fingerprint density at radius 3 is 2.86 bits per heavy atom. The van der Waals surface area contributed by atoms with Gasteiger partial charge in [0.15, 0.2) is 0 Å². The summed E-state index contributed by atoms with van der Waals surface area (Å²) in [5, 5.41) is 3.69. The number of nitrogens with one attached hydrogen (secondary N) is 1. The number of hydrogen-bond donors (Lipinski definition) is 2. The van der Waals surface area contributed by atoms with Gasteiger partial charge in [-0.3, -0.25) is 4.79 Å². The Kier molecular flexibility index (Phi) is 5.27. The first-order valence-corrected chi connectivity index (χ1v) is 7.64. The Morgan fingerprint density at radius 1 is 1.38 bits per heavy atom. The van der Waals surface area contributed by atoms with Crippen molar-refractivity contribution in [1.29, 1.82) is 0 Å². The van der Waals surface area contributed by atoms with E-state index >= 15 is 0 Å². The molecule has 0 aliphatic heterocycles. The van der Waals surface area contributed by atoms with E-state index in [2.05, 4.69) is 17.2 Å². The molecule has 21 heavy (non-hydrogen) atoms. The van der Waals surface area contributed by atoms with Crippen LogP contribution in [0.4, 0.5) is 5.69 Å². The van der Waals surface area contributed by atoms with Gasteiger partial charge >= 0.3 is 0 Å². The summed E-state index contributed by atoms with van der Waals surface area (Å²) in [7, 11) is 0. The van der Waals surface area contributed by atoms with Gasteiger partial charge in [0.05, 0.1) is 27.0 Å². The Hall–Kier alpha value is -1.51. The summed E-state index contributed by atoms with van der Waals surface area (Å²) in [6, 6.07) is 6.70. The van der Waals surface area contributed by atoms with Gasteiger partial charge in [-0.25, -0.2) is 0 Å². The molecule has 1 amide bonds.